The number of nitrogens with one attached hydrogen (secondary N) is 1. The Morgan fingerprint density at radius 1 is 1.17 bits per heavy atom. The molecule has 0 aromatic heterocycles. The molecule has 0 bridgehead atoms. The van der Waals surface area contributed by atoms with Gasteiger partial charge in [0.2, 0.25) is 0 Å². The third-order valence-electron chi connectivity index (χ3n) is 5.03. The van der Waals surface area contributed by atoms with Gasteiger partial charge in [-0.25, -0.2) is 9.18 Å². The Labute approximate surface area is 177 Å². The number of halogens is 1. The second-order valence-corrected chi connectivity index (χ2v) is 7.21. The van der Waals surface area contributed by atoms with Gasteiger partial charge in [-0.1, -0.05) is 18.2 Å². The Morgan fingerprint density at radius 2 is 1.90 bits per heavy atom. The van der Waals surface area contributed by atoms with Crippen LogP contribution in [0, 0.1) is 5.82 Å². The second-order valence-electron chi connectivity index (χ2n) is 7.21. The van der Waals surface area contributed by atoms with E-state index < -0.39 is 0 Å². The summed E-state index contributed by atoms with van der Waals surface area (Å²) in [6.07, 6.45) is 0.811. The number of carbonyl (C=O) groups excluding carboxylic acids is 1. The lowest BCUT2D eigenvalue weighted by atomic mass is 10.2. The normalized spacial score (nSPS) is 14.3. The van der Waals surface area contributed by atoms with Gasteiger partial charge in [0.1, 0.15) is 11.6 Å². The van der Waals surface area contributed by atoms with E-state index in [0.29, 0.717) is 24.4 Å². The minimum Gasteiger partial charge on any atom is -0.494 e. The van der Waals surface area contributed by atoms with Gasteiger partial charge in [0, 0.05) is 37.4 Å². The SMILES string of the molecule is CCOc1ccc(NC(=O)N(CCCN2CCOCC2)Cc2ccccc2F)cc1. The number of benzene rings is 2. The molecule has 0 aliphatic carbocycles. The average molecular weight is 416 g/mol. The topological polar surface area (TPSA) is 54.0 Å². The Bertz CT molecular complexity index is 795. The molecule has 30 heavy (non-hydrogen) atoms. The maximum atomic E-state index is 14.2. The van der Waals surface area contributed by atoms with E-state index in [0.717, 1.165) is 45.0 Å². The van der Waals surface area contributed by atoms with Crippen molar-refractivity contribution in [3.05, 3.63) is 59.9 Å². The van der Waals surface area contributed by atoms with Crippen molar-refractivity contribution in [2.45, 2.75) is 19.9 Å². The van der Waals surface area contributed by atoms with Crippen molar-refractivity contribution in [3.63, 3.8) is 0 Å². The molecule has 1 saturated heterocycles. The molecular weight excluding hydrogens is 385 g/mol. The molecule has 2 aromatic carbocycles. The summed E-state index contributed by atoms with van der Waals surface area (Å²) in [6.45, 7) is 7.46. The lowest BCUT2D eigenvalue weighted by Crippen LogP contribution is -2.40. The zero-order valence-corrected chi connectivity index (χ0v) is 17.5. The van der Waals surface area contributed by atoms with Crippen LogP contribution in [0.4, 0.5) is 14.9 Å². The molecule has 1 N–H and O–H groups in total. The number of urea groups is 1. The molecule has 1 fully saturated rings. The molecule has 1 aliphatic heterocycles. The van der Waals surface area contributed by atoms with Crippen LogP contribution in [-0.4, -0.2) is 61.8 Å². The van der Waals surface area contributed by atoms with Crippen LogP contribution in [0.2, 0.25) is 0 Å². The monoisotopic (exact) mass is 415 g/mol. The summed E-state index contributed by atoms with van der Waals surface area (Å²) < 4.78 is 25.0. The highest BCUT2D eigenvalue weighted by atomic mass is 19.1. The first kappa shape index (κ1) is 22.1. The Balaban J connectivity index is 1.62. The summed E-state index contributed by atoms with van der Waals surface area (Å²) in [5.74, 6) is 0.453. The predicted molar refractivity (Wildman–Crippen MR) is 115 cm³/mol. The maximum Gasteiger partial charge on any atom is 0.322 e. The molecular formula is C23H30FN3O3. The molecule has 2 aromatic rings. The number of anilines is 1. The number of nitrogens with zero attached hydrogens (tertiary/aromatic N) is 2. The summed E-state index contributed by atoms with van der Waals surface area (Å²) >= 11 is 0. The Kier molecular flexibility index (Phi) is 8.47. The maximum absolute atomic E-state index is 14.2. The molecule has 3 rings (SSSR count). The van der Waals surface area contributed by atoms with Crippen LogP contribution in [-0.2, 0) is 11.3 Å². The molecule has 0 radical (unpaired) electrons. The van der Waals surface area contributed by atoms with Crippen molar-refractivity contribution in [1.29, 1.82) is 0 Å². The van der Waals surface area contributed by atoms with Crippen molar-refractivity contribution in [2.24, 2.45) is 0 Å². The average Bonchev–Trinajstić information content (AvgIpc) is 2.76. The van der Waals surface area contributed by atoms with Crippen molar-refractivity contribution in [3.8, 4) is 5.75 Å². The molecule has 1 aliphatic rings. The number of amides is 2. The molecule has 1 heterocycles. The number of ether oxygens (including phenoxy) is 2. The molecule has 7 heteroatoms. The third-order valence-corrected chi connectivity index (χ3v) is 5.03. The summed E-state index contributed by atoms with van der Waals surface area (Å²) in [4.78, 5) is 16.9. The van der Waals surface area contributed by atoms with Gasteiger partial charge in [-0.05, 0) is 43.7 Å². The second kappa shape index (κ2) is 11.5. The summed E-state index contributed by atoms with van der Waals surface area (Å²) in [5.41, 5.74) is 1.18. The quantitative estimate of drug-likeness (QED) is 0.673. The van der Waals surface area contributed by atoms with Gasteiger partial charge >= 0.3 is 6.03 Å². The molecule has 0 spiro atoms. The smallest absolute Gasteiger partial charge is 0.322 e. The van der Waals surface area contributed by atoms with E-state index >= 15 is 0 Å². The van der Waals surface area contributed by atoms with Crippen LogP contribution in [0.5, 0.6) is 5.75 Å². The van der Waals surface area contributed by atoms with Gasteiger partial charge in [0.15, 0.2) is 0 Å². The zero-order valence-electron chi connectivity index (χ0n) is 17.5. The van der Waals surface area contributed by atoms with E-state index in [1.807, 2.05) is 19.1 Å². The number of morpholine rings is 1. The van der Waals surface area contributed by atoms with Gasteiger partial charge in [-0.15, -0.1) is 0 Å². The van der Waals surface area contributed by atoms with Crippen LogP contribution >= 0.6 is 0 Å². The van der Waals surface area contributed by atoms with E-state index in [2.05, 4.69) is 10.2 Å². The highest BCUT2D eigenvalue weighted by Crippen LogP contribution is 2.17. The fourth-order valence-corrected chi connectivity index (χ4v) is 3.40. The van der Waals surface area contributed by atoms with Gasteiger partial charge in [-0.2, -0.15) is 0 Å². The first-order valence-corrected chi connectivity index (χ1v) is 10.5. The van der Waals surface area contributed by atoms with Crippen LogP contribution in [0.15, 0.2) is 48.5 Å². The largest absolute Gasteiger partial charge is 0.494 e. The van der Waals surface area contributed by atoms with Gasteiger partial charge in [-0.3, -0.25) is 4.90 Å². The standard InChI is InChI=1S/C23H30FN3O3/c1-2-30-21-10-8-20(9-11-21)25-23(28)27(18-19-6-3-4-7-22(19)24)13-5-12-26-14-16-29-17-15-26/h3-4,6-11H,2,5,12-18H2,1H3,(H,25,28). The summed E-state index contributed by atoms with van der Waals surface area (Å²) in [7, 11) is 0. The minimum atomic E-state index is -0.301. The number of rotatable bonds is 9. The minimum absolute atomic E-state index is 0.221. The van der Waals surface area contributed by atoms with Gasteiger partial charge in [0.25, 0.3) is 0 Å². The van der Waals surface area contributed by atoms with Crippen molar-refractivity contribution in [1.82, 2.24) is 9.80 Å². The first-order valence-electron chi connectivity index (χ1n) is 10.5. The van der Waals surface area contributed by atoms with E-state index in [9.17, 15) is 9.18 Å². The van der Waals surface area contributed by atoms with Crippen LogP contribution in [0.3, 0.4) is 0 Å². The van der Waals surface area contributed by atoms with Crippen LogP contribution < -0.4 is 10.1 Å². The number of carbonyl (C=O) groups is 1. The number of hydrogen-bond donors (Lipinski definition) is 1. The Hall–Kier alpha value is -2.64. The van der Waals surface area contributed by atoms with E-state index in [1.54, 1.807) is 35.2 Å². The van der Waals surface area contributed by atoms with Crippen LogP contribution in [0.1, 0.15) is 18.9 Å². The lowest BCUT2D eigenvalue weighted by Gasteiger charge is -2.28. The molecule has 6 nitrogen and oxygen atoms in total. The predicted octanol–water partition coefficient (Wildman–Crippen LogP) is 3.98. The third kappa shape index (κ3) is 6.71. The van der Waals surface area contributed by atoms with Gasteiger partial charge < -0.3 is 19.7 Å². The molecule has 0 atom stereocenters. The van der Waals surface area contributed by atoms with Crippen molar-refractivity contribution in [2.75, 3.05) is 51.3 Å². The van der Waals surface area contributed by atoms with E-state index in [-0.39, 0.29) is 18.4 Å². The van der Waals surface area contributed by atoms with E-state index in [4.69, 9.17) is 9.47 Å². The van der Waals surface area contributed by atoms with E-state index in [1.165, 1.54) is 6.07 Å². The zero-order chi connectivity index (χ0) is 21.2. The fraction of sp³-hybridized carbons (Fsp3) is 0.435. The summed E-state index contributed by atoms with van der Waals surface area (Å²) in [5, 5.41) is 2.91. The highest BCUT2D eigenvalue weighted by Gasteiger charge is 2.17. The fourth-order valence-electron chi connectivity index (χ4n) is 3.40. The highest BCUT2D eigenvalue weighted by molar-refractivity contribution is 5.89. The Morgan fingerprint density at radius 3 is 2.60 bits per heavy atom. The summed E-state index contributed by atoms with van der Waals surface area (Å²) in [6, 6.07) is 13.6. The van der Waals surface area contributed by atoms with Gasteiger partial charge in [0.05, 0.1) is 26.4 Å². The lowest BCUT2D eigenvalue weighted by molar-refractivity contribution is 0.0365. The van der Waals surface area contributed by atoms with Crippen molar-refractivity contribution >= 4 is 11.7 Å². The molecule has 0 saturated carbocycles. The number of hydrogen-bond acceptors (Lipinski definition) is 4. The molecule has 162 valence electrons. The molecule has 2 amide bonds. The van der Waals surface area contributed by atoms with Crippen molar-refractivity contribution < 1.29 is 18.7 Å². The molecule has 0 unspecified atom stereocenters. The van der Waals surface area contributed by atoms with Crippen LogP contribution in [0.25, 0.3) is 0 Å². The first-order chi connectivity index (χ1) is 14.7.